The molecule has 0 aliphatic carbocycles. The van der Waals surface area contributed by atoms with Crippen molar-refractivity contribution in [3.63, 3.8) is 0 Å². The van der Waals surface area contributed by atoms with Crippen molar-refractivity contribution in [2.24, 2.45) is 5.92 Å². The van der Waals surface area contributed by atoms with E-state index in [9.17, 15) is 17.4 Å². The molecule has 3 nitrogen and oxygen atoms in total. The van der Waals surface area contributed by atoms with Crippen LogP contribution in [0.25, 0.3) is 0 Å². The van der Waals surface area contributed by atoms with Crippen LogP contribution in [-0.2, 0) is 17.4 Å². The molecule has 0 amide bonds. The van der Waals surface area contributed by atoms with Gasteiger partial charge in [0.25, 0.3) is 0 Å². The summed E-state index contributed by atoms with van der Waals surface area (Å²) in [6, 6.07) is 1.22. The number of halogens is 3. The van der Waals surface area contributed by atoms with Gasteiger partial charge in [-0.15, -0.1) is 0 Å². The van der Waals surface area contributed by atoms with Crippen LogP contribution in [0, 0.1) is 23.4 Å². The minimum atomic E-state index is -1.32. The van der Waals surface area contributed by atoms with Crippen LogP contribution in [0.1, 0.15) is 39.2 Å². The normalized spacial score (nSPS) is 19.2. The maximum Gasteiger partial charge on any atom is 0.161 e. The van der Waals surface area contributed by atoms with Gasteiger partial charge in [0.05, 0.1) is 15.7 Å². The van der Waals surface area contributed by atoms with E-state index in [1.807, 2.05) is 20.8 Å². The molecule has 2 unspecified atom stereocenters. The van der Waals surface area contributed by atoms with E-state index in [1.54, 1.807) is 0 Å². The van der Waals surface area contributed by atoms with Gasteiger partial charge in [0.1, 0.15) is 5.82 Å². The zero-order chi connectivity index (χ0) is 17.9. The highest BCUT2D eigenvalue weighted by Gasteiger charge is 2.30. The van der Waals surface area contributed by atoms with Crippen LogP contribution in [0.15, 0.2) is 12.1 Å². The highest BCUT2D eigenvalue weighted by Crippen LogP contribution is 2.24. The van der Waals surface area contributed by atoms with E-state index in [0.29, 0.717) is 6.07 Å². The third-order valence-corrected chi connectivity index (χ3v) is 5.93. The first-order chi connectivity index (χ1) is 11.2. The van der Waals surface area contributed by atoms with Crippen molar-refractivity contribution < 1.29 is 17.4 Å². The van der Waals surface area contributed by atoms with Gasteiger partial charge >= 0.3 is 0 Å². The Kier molecular flexibility index (Phi) is 6.45. The van der Waals surface area contributed by atoms with E-state index in [2.05, 4.69) is 10.0 Å². The van der Waals surface area contributed by atoms with Gasteiger partial charge in [-0.2, -0.15) is 0 Å². The second kappa shape index (κ2) is 7.97. The SMILES string of the molecule is CC(C)(C)S(=O)NC(Cc1cc(F)c(F)cc1F)C1CCNCC1. The second-order valence-corrected chi connectivity index (χ2v) is 9.25. The van der Waals surface area contributed by atoms with Crippen LogP contribution in [-0.4, -0.2) is 28.1 Å². The summed E-state index contributed by atoms with van der Waals surface area (Å²) in [5, 5.41) is 3.26. The molecular weight excluding hydrogens is 337 g/mol. The summed E-state index contributed by atoms with van der Waals surface area (Å²) in [6.45, 7) is 7.24. The number of hydrogen-bond donors (Lipinski definition) is 2. The number of hydrogen-bond acceptors (Lipinski definition) is 2. The molecule has 24 heavy (non-hydrogen) atoms. The molecule has 1 aliphatic rings. The highest BCUT2D eigenvalue weighted by atomic mass is 32.2. The molecule has 1 aromatic rings. The Morgan fingerprint density at radius 2 is 1.75 bits per heavy atom. The van der Waals surface area contributed by atoms with Gasteiger partial charge in [-0.05, 0) is 70.7 Å². The molecule has 7 heteroatoms. The average molecular weight is 362 g/mol. The maximum atomic E-state index is 14.0. The first-order valence-corrected chi connectivity index (χ1v) is 9.35. The standard InChI is InChI=1S/C17H25F3N2OS/c1-17(2,3)24(23)22-16(11-4-6-21-7-5-11)9-12-8-14(19)15(20)10-13(12)18/h8,10-11,16,21-22H,4-7,9H2,1-3H3. The third kappa shape index (κ3) is 5.04. The number of benzene rings is 1. The van der Waals surface area contributed by atoms with E-state index in [4.69, 9.17) is 0 Å². The van der Waals surface area contributed by atoms with Crippen LogP contribution in [0.2, 0.25) is 0 Å². The second-order valence-electron chi connectivity index (χ2n) is 7.25. The van der Waals surface area contributed by atoms with Crippen LogP contribution in [0.3, 0.4) is 0 Å². The van der Waals surface area contributed by atoms with Gasteiger partial charge in [-0.3, -0.25) is 0 Å². The maximum absolute atomic E-state index is 14.0. The van der Waals surface area contributed by atoms with Crippen molar-refractivity contribution in [3.8, 4) is 0 Å². The Morgan fingerprint density at radius 3 is 2.33 bits per heavy atom. The van der Waals surface area contributed by atoms with Gasteiger partial charge in [-0.1, -0.05) is 0 Å². The molecule has 1 aromatic carbocycles. The molecule has 0 saturated carbocycles. The molecule has 2 atom stereocenters. The number of piperidine rings is 1. The van der Waals surface area contributed by atoms with Crippen molar-refractivity contribution in [2.45, 2.75) is 50.8 Å². The first kappa shape index (κ1) is 19.4. The fraction of sp³-hybridized carbons (Fsp3) is 0.647. The monoisotopic (exact) mass is 362 g/mol. The first-order valence-electron chi connectivity index (χ1n) is 8.20. The minimum Gasteiger partial charge on any atom is -0.317 e. The largest absolute Gasteiger partial charge is 0.317 e. The van der Waals surface area contributed by atoms with Gasteiger partial charge in [0.15, 0.2) is 11.6 Å². The zero-order valence-corrected chi connectivity index (χ0v) is 15.1. The topological polar surface area (TPSA) is 41.1 Å². The van der Waals surface area contributed by atoms with E-state index in [0.717, 1.165) is 32.0 Å². The predicted molar refractivity (Wildman–Crippen MR) is 90.4 cm³/mol. The molecule has 0 bridgehead atoms. The fourth-order valence-corrected chi connectivity index (χ4v) is 3.73. The van der Waals surface area contributed by atoms with E-state index < -0.39 is 33.2 Å². The Labute approximate surface area is 144 Å². The van der Waals surface area contributed by atoms with E-state index >= 15 is 0 Å². The summed E-state index contributed by atoms with van der Waals surface area (Å²) in [6.07, 6.45) is 1.91. The van der Waals surface area contributed by atoms with Crippen molar-refractivity contribution >= 4 is 11.0 Å². The van der Waals surface area contributed by atoms with Crippen molar-refractivity contribution in [1.82, 2.24) is 10.0 Å². The lowest BCUT2D eigenvalue weighted by atomic mass is 9.87. The van der Waals surface area contributed by atoms with Crippen LogP contribution < -0.4 is 10.0 Å². The van der Waals surface area contributed by atoms with Gasteiger partial charge in [0.2, 0.25) is 0 Å². The quantitative estimate of drug-likeness (QED) is 0.791. The summed E-state index contributed by atoms with van der Waals surface area (Å²) >= 11 is 0. The van der Waals surface area contributed by atoms with Gasteiger partial charge in [0, 0.05) is 12.1 Å². The molecule has 0 aromatic heterocycles. The van der Waals surface area contributed by atoms with E-state index in [-0.39, 0.29) is 23.9 Å². The summed E-state index contributed by atoms with van der Waals surface area (Å²) in [4.78, 5) is 0. The zero-order valence-electron chi connectivity index (χ0n) is 14.3. The fourth-order valence-electron chi connectivity index (χ4n) is 2.82. The Balaban J connectivity index is 2.22. The van der Waals surface area contributed by atoms with Crippen LogP contribution in [0.4, 0.5) is 13.2 Å². The lowest BCUT2D eigenvalue weighted by molar-refractivity contribution is 0.300. The molecule has 1 fully saturated rings. The number of rotatable bonds is 5. The summed E-state index contributed by atoms with van der Waals surface area (Å²) in [7, 11) is -1.32. The molecule has 136 valence electrons. The summed E-state index contributed by atoms with van der Waals surface area (Å²) in [5.74, 6) is -2.82. The molecule has 0 spiro atoms. The van der Waals surface area contributed by atoms with Crippen LogP contribution in [0.5, 0.6) is 0 Å². The molecule has 1 saturated heterocycles. The third-order valence-electron chi connectivity index (χ3n) is 4.30. The molecule has 2 rings (SSSR count). The van der Waals surface area contributed by atoms with Crippen LogP contribution >= 0.6 is 0 Å². The minimum absolute atomic E-state index is 0.107. The summed E-state index contributed by atoms with van der Waals surface area (Å²) < 4.78 is 55.7. The Hall–Kier alpha value is -0.920. The highest BCUT2D eigenvalue weighted by molar-refractivity contribution is 7.84. The lowest BCUT2D eigenvalue weighted by Gasteiger charge is -2.33. The molecule has 0 radical (unpaired) electrons. The predicted octanol–water partition coefficient (Wildman–Crippen LogP) is 3.07. The Bertz CT molecular complexity index is 598. The van der Waals surface area contributed by atoms with Crippen molar-refractivity contribution in [1.29, 1.82) is 0 Å². The van der Waals surface area contributed by atoms with Crippen molar-refractivity contribution in [2.75, 3.05) is 13.1 Å². The molecular formula is C17H25F3N2OS. The molecule has 2 N–H and O–H groups in total. The molecule has 1 heterocycles. The number of nitrogens with one attached hydrogen (secondary N) is 2. The van der Waals surface area contributed by atoms with Crippen molar-refractivity contribution in [3.05, 3.63) is 35.1 Å². The molecule has 1 aliphatic heterocycles. The lowest BCUT2D eigenvalue weighted by Crippen LogP contribution is -2.47. The van der Waals surface area contributed by atoms with Gasteiger partial charge in [-0.25, -0.2) is 22.1 Å². The van der Waals surface area contributed by atoms with E-state index in [1.165, 1.54) is 0 Å². The smallest absolute Gasteiger partial charge is 0.161 e. The Morgan fingerprint density at radius 1 is 1.17 bits per heavy atom. The average Bonchev–Trinajstić information content (AvgIpc) is 2.51. The van der Waals surface area contributed by atoms with Gasteiger partial charge < -0.3 is 5.32 Å². The summed E-state index contributed by atoms with van der Waals surface area (Å²) in [5.41, 5.74) is 0.107.